The number of carbonyl (C=O) groups excluding carboxylic acids is 1. The highest BCUT2D eigenvalue weighted by molar-refractivity contribution is 7.80. The summed E-state index contributed by atoms with van der Waals surface area (Å²) < 4.78 is 24.3. The van der Waals surface area contributed by atoms with Crippen LogP contribution in [-0.2, 0) is 11.4 Å². The number of nitrogens with one attached hydrogen (secondary N) is 1. The van der Waals surface area contributed by atoms with Gasteiger partial charge in [0.1, 0.15) is 29.6 Å². The fraction of sp³-hybridized carbons (Fsp3) is 0.222. The molecule has 1 saturated carbocycles. The maximum atomic E-state index is 13.3. The van der Waals surface area contributed by atoms with E-state index in [-0.39, 0.29) is 30.0 Å². The molecule has 144 valence electrons. The Balaban J connectivity index is 1.46. The van der Waals surface area contributed by atoms with Crippen molar-refractivity contribution in [3.05, 3.63) is 63.5 Å². The summed E-state index contributed by atoms with van der Waals surface area (Å²) in [6.45, 7) is -0.137. The first-order valence-corrected chi connectivity index (χ1v) is 8.85. The van der Waals surface area contributed by atoms with Crippen molar-refractivity contribution in [3.63, 3.8) is 0 Å². The zero-order valence-corrected chi connectivity index (χ0v) is 15.2. The molecule has 2 fully saturated rings. The zero-order chi connectivity index (χ0) is 19.8. The third-order valence-electron chi connectivity index (χ3n) is 4.28. The van der Waals surface area contributed by atoms with Gasteiger partial charge in [0, 0.05) is 24.3 Å². The van der Waals surface area contributed by atoms with Gasteiger partial charge in [-0.25, -0.2) is 4.39 Å². The first-order chi connectivity index (χ1) is 13.4. The lowest BCUT2D eigenvalue weighted by Gasteiger charge is -2.11. The number of carbonyl (C=O) groups is 1. The molecule has 1 amide bonds. The molecule has 1 aromatic heterocycles. The van der Waals surface area contributed by atoms with Crippen LogP contribution >= 0.6 is 12.2 Å². The van der Waals surface area contributed by atoms with Crippen LogP contribution in [0.3, 0.4) is 0 Å². The molecule has 0 spiro atoms. The third kappa shape index (κ3) is 3.58. The Kier molecular flexibility index (Phi) is 4.55. The molecular formula is C18H14FN3O5S. The van der Waals surface area contributed by atoms with E-state index in [0.29, 0.717) is 22.3 Å². The van der Waals surface area contributed by atoms with Gasteiger partial charge in [-0.2, -0.15) is 0 Å². The molecule has 1 aliphatic heterocycles. The first-order valence-electron chi connectivity index (χ1n) is 8.44. The van der Waals surface area contributed by atoms with Crippen LogP contribution in [0.1, 0.15) is 24.4 Å². The fourth-order valence-corrected chi connectivity index (χ4v) is 3.15. The minimum Gasteiger partial charge on any atom is -0.479 e. The van der Waals surface area contributed by atoms with E-state index < -0.39 is 10.7 Å². The van der Waals surface area contributed by atoms with Gasteiger partial charge < -0.3 is 14.5 Å². The highest BCUT2D eigenvalue weighted by Gasteiger charge is 2.41. The number of hydrogen-bond donors (Lipinski definition) is 1. The summed E-state index contributed by atoms with van der Waals surface area (Å²) in [6, 6.07) is 6.37. The summed E-state index contributed by atoms with van der Waals surface area (Å²) in [5.74, 6) is -0.287. The summed E-state index contributed by atoms with van der Waals surface area (Å²) in [4.78, 5) is 24.3. The number of amides is 1. The lowest BCUT2D eigenvalue weighted by atomic mass is 10.3. The molecule has 28 heavy (non-hydrogen) atoms. The van der Waals surface area contributed by atoms with E-state index in [1.807, 2.05) is 0 Å². The minimum absolute atomic E-state index is 0.137. The third-order valence-corrected chi connectivity index (χ3v) is 4.58. The molecule has 0 atom stereocenters. The Morgan fingerprint density at radius 3 is 2.89 bits per heavy atom. The number of furan rings is 1. The number of rotatable bonds is 6. The van der Waals surface area contributed by atoms with Gasteiger partial charge in [-0.3, -0.25) is 19.8 Å². The highest BCUT2D eigenvalue weighted by atomic mass is 32.1. The smallest absolute Gasteiger partial charge is 0.311 e. The van der Waals surface area contributed by atoms with E-state index in [4.69, 9.17) is 21.4 Å². The SMILES string of the molecule is O=C1/C(=C\c2ccc(COc3cc(F)ccc3[N+](=O)[O-])o2)NC(=S)N1C1CC1. The number of nitro groups is 1. The maximum Gasteiger partial charge on any atom is 0.311 e. The van der Waals surface area contributed by atoms with Crippen LogP contribution < -0.4 is 10.1 Å². The van der Waals surface area contributed by atoms with Crippen molar-refractivity contribution in [1.82, 2.24) is 10.2 Å². The molecular weight excluding hydrogens is 389 g/mol. The molecule has 0 unspecified atom stereocenters. The van der Waals surface area contributed by atoms with Gasteiger partial charge in [0.05, 0.1) is 4.92 Å². The minimum atomic E-state index is -0.654. The second-order valence-corrected chi connectivity index (χ2v) is 6.74. The van der Waals surface area contributed by atoms with E-state index in [1.165, 1.54) is 6.08 Å². The molecule has 8 nitrogen and oxygen atoms in total. The molecule has 1 saturated heterocycles. The summed E-state index contributed by atoms with van der Waals surface area (Å²) >= 11 is 5.19. The Bertz CT molecular complexity index is 1010. The van der Waals surface area contributed by atoms with Crippen molar-refractivity contribution in [2.45, 2.75) is 25.5 Å². The monoisotopic (exact) mass is 403 g/mol. The van der Waals surface area contributed by atoms with E-state index >= 15 is 0 Å². The van der Waals surface area contributed by atoms with Crippen LogP contribution in [0.15, 0.2) is 40.4 Å². The summed E-state index contributed by atoms with van der Waals surface area (Å²) in [7, 11) is 0. The molecule has 1 aliphatic carbocycles. The normalized spacial score (nSPS) is 17.9. The van der Waals surface area contributed by atoms with Gasteiger partial charge in [-0.15, -0.1) is 0 Å². The predicted octanol–water partition coefficient (Wildman–Crippen LogP) is 3.13. The average Bonchev–Trinajstić information content (AvgIpc) is 3.30. The van der Waals surface area contributed by atoms with Gasteiger partial charge in [0.2, 0.25) is 0 Å². The van der Waals surface area contributed by atoms with Crippen LogP contribution in [0.2, 0.25) is 0 Å². The molecule has 2 aromatic rings. The van der Waals surface area contributed by atoms with E-state index in [0.717, 1.165) is 31.0 Å². The molecule has 1 aromatic carbocycles. The Morgan fingerprint density at radius 2 is 2.18 bits per heavy atom. The highest BCUT2D eigenvalue weighted by Crippen LogP contribution is 2.31. The Morgan fingerprint density at radius 1 is 1.39 bits per heavy atom. The number of nitrogens with zero attached hydrogens (tertiary/aromatic N) is 2. The first kappa shape index (κ1) is 18.1. The van der Waals surface area contributed by atoms with Crippen LogP contribution in [0.5, 0.6) is 5.75 Å². The molecule has 1 N–H and O–H groups in total. The average molecular weight is 403 g/mol. The van der Waals surface area contributed by atoms with Crippen molar-refractivity contribution < 1.29 is 23.3 Å². The van der Waals surface area contributed by atoms with Gasteiger partial charge in [-0.05, 0) is 43.3 Å². The van der Waals surface area contributed by atoms with Gasteiger partial charge in [0.25, 0.3) is 5.91 Å². The number of nitro benzene ring substituents is 1. The Labute approximate surface area is 163 Å². The summed E-state index contributed by atoms with van der Waals surface area (Å²) in [6.07, 6.45) is 3.41. The zero-order valence-electron chi connectivity index (χ0n) is 14.4. The largest absolute Gasteiger partial charge is 0.479 e. The number of ether oxygens (including phenoxy) is 1. The number of thiocarbonyl (C=S) groups is 1. The molecule has 4 rings (SSSR count). The number of hydrogen-bond acceptors (Lipinski definition) is 6. The van der Waals surface area contributed by atoms with Gasteiger partial charge in [-0.1, -0.05) is 0 Å². The molecule has 0 bridgehead atoms. The van der Waals surface area contributed by atoms with Crippen molar-refractivity contribution in [2.75, 3.05) is 0 Å². The van der Waals surface area contributed by atoms with Crippen LogP contribution in [0.25, 0.3) is 6.08 Å². The summed E-state index contributed by atoms with van der Waals surface area (Å²) in [5.41, 5.74) is -0.0239. The maximum absolute atomic E-state index is 13.3. The number of halogens is 1. The molecule has 10 heteroatoms. The lowest BCUT2D eigenvalue weighted by Crippen LogP contribution is -2.32. The lowest BCUT2D eigenvalue weighted by molar-refractivity contribution is -0.386. The predicted molar refractivity (Wildman–Crippen MR) is 99.7 cm³/mol. The second kappa shape index (κ2) is 7.04. The molecule has 0 radical (unpaired) electrons. The fourth-order valence-electron chi connectivity index (χ4n) is 2.81. The summed E-state index contributed by atoms with van der Waals surface area (Å²) in [5, 5.41) is 14.3. The van der Waals surface area contributed by atoms with Gasteiger partial charge >= 0.3 is 5.69 Å². The quantitative estimate of drug-likeness (QED) is 0.342. The van der Waals surface area contributed by atoms with Crippen molar-refractivity contribution in [3.8, 4) is 5.75 Å². The van der Waals surface area contributed by atoms with Crippen LogP contribution in [-0.4, -0.2) is 26.9 Å². The van der Waals surface area contributed by atoms with Gasteiger partial charge in [0.15, 0.2) is 10.9 Å². The molecule has 2 heterocycles. The van der Waals surface area contributed by atoms with E-state index in [2.05, 4.69) is 5.32 Å². The van der Waals surface area contributed by atoms with Crippen LogP contribution in [0.4, 0.5) is 10.1 Å². The Hall–Kier alpha value is -3.27. The van der Waals surface area contributed by atoms with Crippen molar-refractivity contribution in [1.29, 1.82) is 0 Å². The number of benzene rings is 1. The topological polar surface area (TPSA) is 97.8 Å². The van der Waals surface area contributed by atoms with E-state index in [1.54, 1.807) is 17.0 Å². The van der Waals surface area contributed by atoms with Crippen LogP contribution in [0, 0.1) is 15.9 Å². The standard InChI is InChI=1S/C18H14FN3O5S/c19-10-1-6-15(22(24)25)16(7-10)26-9-13-5-4-12(27-13)8-14-17(23)21(11-2-3-11)18(28)20-14/h1,4-8,11H,2-3,9H2,(H,20,28)/b14-8+. The second-order valence-electron chi connectivity index (χ2n) is 6.36. The van der Waals surface area contributed by atoms with E-state index in [9.17, 15) is 19.3 Å². The molecule has 2 aliphatic rings. The van der Waals surface area contributed by atoms with Crippen molar-refractivity contribution in [2.24, 2.45) is 0 Å². The van der Waals surface area contributed by atoms with Crippen molar-refractivity contribution >= 4 is 35.0 Å².